The van der Waals surface area contributed by atoms with E-state index in [0.29, 0.717) is 12.3 Å². The number of carboxylic acid groups (broad SMARTS) is 1. The first-order valence-electron chi connectivity index (χ1n) is 9.81. The van der Waals surface area contributed by atoms with E-state index in [1.807, 2.05) is 6.92 Å². The zero-order valence-electron chi connectivity index (χ0n) is 15.6. The molecule has 0 spiro atoms. The third-order valence-electron chi connectivity index (χ3n) is 7.22. The number of hydrogen-bond acceptors (Lipinski definition) is 2. The Hall–Kier alpha value is -1.35. The molecule has 0 unspecified atom stereocenters. The highest BCUT2D eigenvalue weighted by atomic mass is 16.4. The average Bonchev–Trinajstić information content (AvgIpc) is 2.92. The lowest BCUT2D eigenvalue weighted by Crippen LogP contribution is -2.38. The lowest BCUT2D eigenvalue weighted by Gasteiger charge is -2.43. The molecule has 0 radical (unpaired) electrons. The van der Waals surface area contributed by atoms with Crippen molar-refractivity contribution in [1.82, 2.24) is 0 Å². The molecule has 3 aliphatic rings. The number of fused-ring (bicyclic) bond motifs is 1. The Morgan fingerprint density at radius 2 is 2.04 bits per heavy atom. The Labute approximate surface area is 151 Å². The molecule has 2 N–H and O–H groups in total. The van der Waals surface area contributed by atoms with Gasteiger partial charge < -0.3 is 10.2 Å². The minimum absolute atomic E-state index is 0.115. The van der Waals surface area contributed by atoms with Crippen LogP contribution < -0.4 is 0 Å². The van der Waals surface area contributed by atoms with Gasteiger partial charge >= 0.3 is 5.97 Å². The van der Waals surface area contributed by atoms with Crippen LogP contribution in [0.15, 0.2) is 35.5 Å². The molecule has 3 aliphatic carbocycles. The zero-order valence-corrected chi connectivity index (χ0v) is 15.6. The fourth-order valence-electron chi connectivity index (χ4n) is 5.67. The Morgan fingerprint density at radius 1 is 1.28 bits per heavy atom. The van der Waals surface area contributed by atoms with Gasteiger partial charge in [-0.3, -0.25) is 4.79 Å². The van der Waals surface area contributed by atoms with Crippen molar-refractivity contribution in [2.24, 2.45) is 23.2 Å². The van der Waals surface area contributed by atoms with Crippen molar-refractivity contribution in [2.45, 2.75) is 71.3 Å². The molecule has 5 atom stereocenters. The number of rotatable bonds is 3. The maximum atomic E-state index is 11.5. The summed E-state index contributed by atoms with van der Waals surface area (Å²) in [5.74, 6) is -0.136. The van der Waals surface area contributed by atoms with Gasteiger partial charge in [0.25, 0.3) is 0 Å². The first-order chi connectivity index (χ1) is 11.8. The van der Waals surface area contributed by atoms with E-state index < -0.39 is 5.97 Å². The summed E-state index contributed by atoms with van der Waals surface area (Å²) in [7, 11) is 0. The molecule has 0 aromatic carbocycles. The monoisotopic (exact) mass is 344 g/mol. The van der Waals surface area contributed by atoms with Crippen LogP contribution in [0.2, 0.25) is 0 Å². The van der Waals surface area contributed by atoms with Gasteiger partial charge in [0.15, 0.2) is 0 Å². The summed E-state index contributed by atoms with van der Waals surface area (Å²) in [5.41, 5.74) is 3.94. The van der Waals surface area contributed by atoms with E-state index in [2.05, 4.69) is 25.7 Å². The summed E-state index contributed by atoms with van der Waals surface area (Å²) in [4.78, 5) is 11.5. The predicted molar refractivity (Wildman–Crippen MR) is 100 cm³/mol. The van der Waals surface area contributed by atoms with Crippen molar-refractivity contribution in [3.05, 3.63) is 35.5 Å². The maximum absolute atomic E-state index is 11.5. The largest absolute Gasteiger partial charge is 0.481 e. The highest BCUT2D eigenvalue weighted by Gasteiger charge is 2.51. The van der Waals surface area contributed by atoms with E-state index in [1.54, 1.807) is 0 Å². The number of allylic oxidation sites excluding steroid dienone is 4. The van der Waals surface area contributed by atoms with Crippen LogP contribution in [0.4, 0.5) is 0 Å². The van der Waals surface area contributed by atoms with Gasteiger partial charge in [0.1, 0.15) is 0 Å². The Kier molecular flexibility index (Phi) is 5.24. The molecule has 0 aromatic heterocycles. The predicted octanol–water partition coefficient (Wildman–Crippen LogP) is 4.88. The van der Waals surface area contributed by atoms with Crippen molar-refractivity contribution in [2.75, 3.05) is 0 Å². The molecule has 0 aromatic rings. The van der Waals surface area contributed by atoms with E-state index in [-0.39, 0.29) is 23.4 Å². The number of carbonyl (C=O) groups is 1. The summed E-state index contributed by atoms with van der Waals surface area (Å²) in [6, 6.07) is 0. The lowest BCUT2D eigenvalue weighted by atomic mass is 9.61. The van der Waals surface area contributed by atoms with E-state index in [9.17, 15) is 15.0 Å². The number of aliphatic hydroxyl groups is 1. The van der Waals surface area contributed by atoms with Crippen LogP contribution in [0.1, 0.15) is 65.2 Å². The summed E-state index contributed by atoms with van der Waals surface area (Å²) in [6.45, 7) is 8.36. The van der Waals surface area contributed by atoms with Gasteiger partial charge in [-0.1, -0.05) is 43.7 Å². The van der Waals surface area contributed by atoms with Crippen LogP contribution in [0.5, 0.6) is 0 Å². The Balaban J connectivity index is 1.82. The smallest absolute Gasteiger partial charge is 0.306 e. The fourth-order valence-corrected chi connectivity index (χ4v) is 5.67. The molecular formula is C22H32O3. The highest BCUT2D eigenvalue weighted by Crippen LogP contribution is 2.59. The molecule has 0 aliphatic heterocycles. The quantitative estimate of drug-likeness (QED) is 0.767. The molecule has 0 saturated heterocycles. The van der Waals surface area contributed by atoms with Gasteiger partial charge in [-0.25, -0.2) is 0 Å². The molecule has 0 bridgehead atoms. The van der Waals surface area contributed by atoms with Gasteiger partial charge in [-0.05, 0) is 74.2 Å². The van der Waals surface area contributed by atoms with E-state index in [0.717, 1.165) is 50.5 Å². The standard InChI is InChI=1S/C22H32O3/c1-14-6-9-18(23)13-17(14)8-7-16-5-4-12-22(3)19(10-11-20(16)22)15(2)21(24)25/h7-8,15,18-20,23H,1,4-6,9-13H2,2-3H3,(H,24,25)/b16-7+,17-8-/t15-,18-,19+,20-,22+/m0/s1. The number of aliphatic hydroxyl groups excluding tert-OH is 1. The number of hydrogen-bond donors (Lipinski definition) is 2. The van der Waals surface area contributed by atoms with E-state index >= 15 is 0 Å². The Morgan fingerprint density at radius 3 is 2.76 bits per heavy atom. The van der Waals surface area contributed by atoms with Gasteiger partial charge in [-0.15, -0.1) is 0 Å². The van der Waals surface area contributed by atoms with Crippen LogP contribution in [-0.4, -0.2) is 22.3 Å². The highest BCUT2D eigenvalue weighted by molar-refractivity contribution is 5.70. The first-order valence-corrected chi connectivity index (χ1v) is 9.81. The molecule has 3 nitrogen and oxygen atoms in total. The first kappa shape index (κ1) is 18.4. The summed E-state index contributed by atoms with van der Waals surface area (Å²) >= 11 is 0. The van der Waals surface area contributed by atoms with Crippen molar-refractivity contribution in [1.29, 1.82) is 0 Å². The average molecular weight is 344 g/mol. The summed E-state index contributed by atoms with van der Waals surface area (Å²) in [5, 5.41) is 19.4. The van der Waals surface area contributed by atoms with Gasteiger partial charge in [0.2, 0.25) is 0 Å². The van der Waals surface area contributed by atoms with Gasteiger partial charge in [-0.2, -0.15) is 0 Å². The topological polar surface area (TPSA) is 57.5 Å². The molecule has 3 saturated carbocycles. The van der Waals surface area contributed by atoms with Crippen LogP contribution in [0.3, 0.4) is 0 Å². The fraction of sp³-hybridized carbons (Fsp3) is 0.682. The second-order valence-corrected chi connectivity index (χ2v) is 8.66. The van der Waals surface area contributed by atoms with Crippen LogP contribution >= 0.6 is 0 Å². The molecule has 0 heterocycles. The van der Waals surface area contributed by atoms with Crippen molar-refractivity contribution >= 4 is 5.97 Å². The third-order valence-corrected chi connectivity index (χ3v) is 7.22. The van der Waals surface area contributed by atoms with E-state index in [4.69, 9.17) is 0 Å². The molecule has 3 heteroatoms. The van der Waals surface area contributed by atoms with Crippen molar-refractivity contribution in [3.63, 3.8) is 0 Å². The Bertz CT molecular complexity index is 615. The molecule has 138 valence electrons. The molecule has 0 amide bonds. The van der Waals surface area contributed by atoms with Crippen LogP contribution in [-0.2, 0) is 4.79 Å². The summed E-state index contributed by atoms with van der Waals surface area (Å²) in [6.07, 6.45) is 12.2. The van der Waals surface area contributed by atoms with Gasteiger partial charge in [0, 0.05) is 0 Å². The minimum Gasteiger partial charge on any atom is -0.481 e. The second-order valence-electron chi connectivity index (χ2n) is 8.66. The summed E-state index contributed by atoms with van der Waals surface area (Å²) < 4.78 is 0. The van der Waals surface area contributed by atoms with Gasteiger partial charge in [0.05, 0.1) is 12.0 Å². The van der Waals surface area contributed by atoms with Crippen molar-refractivity contribution in [3.8, 4) is 0 Å². The second kappa shape index (κ2) is 7.11. The SMILES string of the molecule is C=C1CC[C@H](O)C/C1=C/C=C1\CCC[C@]2(C)[C@@H]([C@H](C)C(=O)O)CC[C@@H]12. The van der Waals surface area contributed by atoms with Crippen LogP contribution in [0.25, 0.3) is 0 Å². The molecular weight excluding hydrogens is 312 g/mol. The molecule has 3 fully saturated rings. The molecule has 25 heavy (non-hydrogen) atoms. The number of carboxylic acids is 1. The van der Waals surface area contributed by atoms with Crippen molar-refractivity contribution < 1.29 is 15.0 Å². The number of aliphatic carboxylic acids is 1. The minimum atomic E-state index is -0.655. The van der Waals surface area contributed by atoms with E-state index in [1.165, 1.54) is 11.1 Å². The molecule has 3 rings (SSSR count). The maximum Gasteiger partial charge on any atom is 0.306 e. The normalized spacial score (nSPS) is 40.3. The zero-order chi connectivity index (χ0) is 18.2. The van der Waals surface area contributed by atoms with Crippen LogP contribution in [0, 0.1) is 23.2 Å². The lowest BCUT2D eigenvalue weighted by molar-refractivity contribution is -0.144. The third kappa shape index (κ3) is 3.48.